The molecule has 3 aromatic heterocycles. The Morgan fingerprint density at radius 1 is 1.11 bits per heavy atom. The topological polar surface area (TPSA) is 85.0 Å². The Bertz CT molecular complexity index is 1720. The molecule has 1 atom stereocenters. The average Bonchev–Trinajstić information content (AvgIpc) is 3.61. The number of nitrogens with zero attached hydrogens (tertiary/aromatic N) is 6. The van der Waals surface area contributed by atoms with Crippen LogP contribution in [0.15, 0.2) is 30.6 Å². The summed E-state index contributed by atoms with van der Waals surface area (Å²) in [5.74, 6) is 0.587. The van der Waals surface area contributed by atoms with Crippen LogP contribution >= 0.6 is 11.3 Å². The van der Waals surface area contributed by atoms with Crippen LogP contribution in [0.1, 0.15) is 41.5 Å². The normalized spacial score (nSPS) is 18.4. The van der Waals surface area contributed by atoms with E-state index in [-0.39, 0.29) is 17.0 Å². The molecule has 0 saturated carbocycles. The lowest BCUT2D eigenvalue weighted by atomic mass is 9.57. The monoisotopic (exact) mass is 630 g/mol. The van der Waals surface area contributed by atoms with Gasteiger partial charge in [-0.15, -0.1) is 11.3 Å². The zero-order chi connectivity index (χ0) is 31.9. The summed E-state index contributed by atoms with van der Waals surface area (Å²) >= 11 is 1.06. The molecule has 2 N–H and O–H groups in total. The largest absolute Gasteiger partial charge is 0.393 e. The fourth-order valence-corrected chi connectivity index (χ4v) is 7.69. The predicted molar refractivity (Wildman–Crippen MR) is 174 cm³/mol. The van der Waals surface area contributed by atoms with E-state index in [1.54, 1.807) is 10.6 Å². The first kappa shape index (κ1) is 31.9. The maximum absolute atomic E-state index is 12.9. The first-order chi connectivity index (χ1) is 21.4. The first-order valence-corrected chi connectivity index (χ1v) is 16.1. The number of alkyl halides is 3. The highest BCUT2D eigenvalue weighted by Crippen LogP contribution is 2.34. The number of thiophene rings is 1. The summed E-state index contributed by atoms with van der Waals surface area (Å²) in [6.45, 7) is 10.0. The van der Waals surface area contributed by atoms with Gasteiger partial charge in [0.05, 0.1) is 27.5 Å². The number of hydrogen-bond donors (Lipinski definition) is 2. The third-order valence-corrected chi connectivity index (χ3v) is 10.4. The van der Waals surface area contributed by atoms with E-state index < -0.39 is 17.9 Å². The summed E-state index contributed by atoms with van der Waals surface area (Å²) in [5, 5.41) is 17.2. The second kappa shape index (κ2) is 12.6. The summed E-state index contributed by atoms with van der Waals surface area (Å²) in [7, 11) is 13.6. The number of aromatic nitrogens is 3. The van der Waals surface area contributed by atoms with E-state index >= 15 is 0 Å². The molecule has 1 unspecified atom stereocenters. The van der Waals surface area contributed by atoms with Crippen molar-refractivity contribution in [2.75, 3.05) is 44.6 Å². The molecule has 0 spiro atoms. The van der Waals surface area contributed by atoms with Crippen molar-refractivity contribution in [3.63, 3.8) is 0 Å². The Hall–Kier alpha value is -3.11. The molecule has 8 nitrogen and oxygen atoms in total. The molecule has 2 saturated heterocycles. The zero-order valence-corrected chi connectivity index (χ0v) is 26.3. The van der Waals surface area contributed by atoms with Gasteiger partial charge in [-0.3, -0.25) is 9.80 Å². The van der Waals surface area contributed by atoms with E-state index in [1.165, 1.54) is 11.9 Å². The van der Waals surface area contributed by atoms with Crippen LogP contribution in [-0.2, 0) is 18.3 Å². The lowest BCUT2D eigenvalue weighted by Gasteiger charge is -2.44. The van der Waals surface area contributed by atoms with Crippen molar-refractivity contribution in [1.29, 1.82) is 5.26 Å². The third kappa shape index (κ3) is 6.59. The van der Waals surface area contributed by atoms with Gasteiger partial charge in [-0.25, -0.2) is 9.97 Å². The van der Waals surface area contributed by atoms with Crippen molar-refractivity contribution in [1.82, 2.24) is 29.7 Å². The Labute approximate surface area is 267 Å². The number of benzene rings is 1. The van der Waals surface area contributed by atoms with Gasteiger partial charge in [0.15, 0.2) is 0 Å². The van der Waals surface area contributed by atoms with E-state index in [0.29, 0.717) is 21.7 Å². The van der Waals surface area contributed by atoms with Crippen LogP contribution in [0.3, 0.4) is 0 Å². The van der Waals surface area contributed by atoms with Crippen molar-refractivity contribution in [3.05, 3.63) is 52.3 Å². The maximum atomic E-state index is 12.9. The Balaban J connectivity index is 1.14. The molecule has 232 valence electrons. The van der Waals surface area contributed by atoms with Crippen molar-refractivity contribution in [2.45, 2.75) is 63.3 Å². The van der Waals surface area contributed by atoms with E-state index in [2.05, 4.69) is 49.5 Å². The van der Waals surface area contributed by atoms with Crippen LogP contribution in [0.25, 0.3) is 21.1 Å². The number of piperazine rings is 1. The summed E-state index contributed by atoms with van der Waals surface area (Å²) in [5.41, 5.74) is 3.58. The molecule has 0 amide bonds. The number of nitrogens with one attached hydrogen (secondary N) is 2. The molecule has 4 radical (unpaired) electrons. The van der Waals surface area contributed by atoms with E-state index in [0.717, 1.165) is 86.5 Å². The van der Waals surface area contributed by atoms with Crippen LogP contribution < -0.4 is 10.6 Å². The molecule has 6 rings (SSSR count). The highest BCUT2D eigenvalue weighted by atomic mass is 32.1. The number of aryl methyl sites for hydroxylation is 1. The van der Waals surface area contributed by atoms with Crippen molar-refractivity contribution in [2.24, 2.45) is 0 Å². The third-order valence-electron chi connectivity index (χ3n) is 9.31. The van der Waals surface area contributed by atoms with Gasteiger partial charge in [-0.2, -0.15) is 18.4 Å². The smallest absolute Gasteiger partial charge is 0.367 e. The minimum Gasteiger partial charge on any atom is -0.367 e. The molecule has 2 fully saturated rings. The molecule has 0 aliphatic carbocycles. The molecule has 0 bridgehead atoms. The zero-order valence-electron chi connectivity index (χ0n) is 25.5. The number of likely N-dealkylation sites (tertiary alicyclic amines) is 1. The predicted octanol–water partition coefficient (Wildman–Crippen LogP) is 4.25. The molecule has 1 aromatic carbocycles. The number of hydrogen-bond acceptors (Lipinski definition) is 8. The Kier molecular flexibility index (Phi) is 8.91. The minimum atomic E-state index is -4.26. The lowest BCUT2D eigenvalue weighted by molar-refractivity contribution is -0.126. The van der Waals surface area contributed by atoms with Crippen molar-refractivity contribution in [3.8, 4) is 6.07 Å². The van der Waals surface area contributed by atoms with Crippen LogP contribution in [0.5, 0.6) is 0 Å². The fraction of sp³-hybridized carbons (Fsp3) is 0.516. The van der Waals surface area contributed by atoms with Gasteiger partial charge in [0, 0.05) is 73.7 Å². The first-order valence-electron chi connectivity index (χ1n) is 15.3. The SMILES string of the molecule is [B]C([B])(C(C)N1CCNCC1)n1c(C#N)cc2c(C)c(CN3CCC(Nc4ncnc5sc(CC(F)(F)F)cc45)CC3)ccc21. The standard InChI is InChI=1S/C31H35B2F3N8S/c1-19-21(3-4-27-25(19)13-23(16-37)44(27)31(32,33)20(2)43-11-7-38-8-12-43)17-42-9-5-22(6-10-42)41-28-26-14-24(15-30(34,35)36)45-29(26)40-18-39-28/h3-4,13-14,18,20,22,38H,5-12,15,17H2,1-2H3,(H,39,40,41). The summed E-state index contributed by atoms with van der Waals surface area (Å²) in [6.07, 6.45) is -2.08. The molecular formula is C31H35B2F3N8S. The number of fused-ring (bicyclic) bond motifs is 2. The van der Waals surface area contributed by atoms with E-state index in [4.69, 9.17) is 15.7 Å². The highest BCUT2D eigenvalue weighted by molar-refractivity contribution is 7.18. The van der Waals surface area contributed by atoms with Gasteiger partial charge in [-0.1, -0.05) is 6.07 Å². The van der Waals surface area contributed by atoms with Gasteiger partial charge in [0.25, 0.3) is 0 Å². The number of rotatable bonds is 8. The Morgan fingerprint density at radius 2 is 1.84 bits per heavy atom. The van der Waals surface area contributed by atoms with Gasteiger partial charge >= 0.3 is 6.18 Å². The van der Waals surface area contributed by atoms with Crippen LogP contribution in [0.4, 0.5) is 19.0 Å². The quantitative estimate of drug-likeness (QED) is 0.282. The summed E-state index contributed by atoms with van der Waals surface area (Å²) in [6, 6.07) is 9.88. The number of piperidine rings is 1. The highest BCUT2D eigenvalue weighted by Gasteiger charge is 2.35. The van der Waals surface area contributed by atoms with Crippen LogP contribution in [-0.4, -0.2) is 97.6 Å². The molecule has 2 aliphatic rings. The number of halogens is 3. The van der Waals surface area contributed by atoms with Gasteiger partial charge in [0.2, 0.25) is 0 Å². The van der Waals surface area contributed by atoms with Gasteiger partial charge < -0.3 is 15.2 Å². The summed E-state index contributed by atoms with van der Waals surface area (Å²) in [4.78, 5) is 14.0. The van der Waals surface area contributed by atoms with Crippen LogP contribution in [0.2, 0.25) is 0 Å². The second-order valence-electron chi connectivity index (χ2n) is 12.2. The molecule has 45 heavy (non-hydrogen) atoms. The maximum Gasteiger partial charge on any atom is 0.393 e. The lowest BCUT2D eigenvalue weighted by Crippen LogP contribution is -2.58. The van der Waals surface area contributed by atoms with Crippen molar-refractivity contribution < 1.29 is 13.2 Å². The molecule has 2 aliphatic heterocycles. The van der Waals surface area contributed by atoms with Crippen LogP contribution in [0, 0.1) is 18.3 Å². The van der Waals surface area contributed by atoms with E-state index in [1.807, 2.05) is 19.1 Å². The molecule has 4 aromatic rings. The minimum absolute atomic E-state index is 0.154. The fourth-order valence-electron chi connectivity index (χ4n) is 6.66. The van der Waals surface area contributed by atoms with E-state index in [9.17, 15) is 18.4 Å². The molecule has 14 heteroatoms. The molecule has 5 heterocycles. The number of anilines is 1. The van der Waals surface area contributed by atoms with Gasteiger partial charge in [0.1, 0.15) is 28.7 Å². The van der Waals surface area contributed by atoms with Gasteiger partial charge in [-0.05, 0) is 61.4 Å². The summed E-state index contributed by atoms with van der Waals surface area (Å²) < 4.78 is 40.6. The second-order valence-corrected chi connectivity index (χ2v) is 13.4. The average molecular weight is 630 g/mol. The molecular weight excluding hydrogens is 595 g/mol. The van der Waals surface area contributed by atoms with Crippen molar-refractivity contribution >= 4 is 54.0 Å². The number of nitriles is 1. The Morgan fingerprint density at radius 3 is 2.53 bits per heavy atom.